The molecule has 0 aliphatic heterocycles. The van der Waals surface area contributed by atoms with Crippen molar-refractivity contribution in [1.82, 2.24) is 18.3 Å². The lowest BCUT2D eigenvalue weighted by Crippen LogP contribution is -2.32. The Hall–Kier alpha value is -6.28. The van der Waals surface area contributed by atoms with Gasteiger partial charge in [0.15, 0.2) is 0 Å². The van der Waals surface area contributed by atoms with E-state index in [1.807, 2.05) is 0 Å². The highest BCUT2D eigenvalue weighted by molar-refractivity contribution is 5.28. The summed E-state index contributed by atoms with van der Waals surface area (Å²) in [6.45, 7) is 6.00. The lowest BCUT2D eigenvalue weighted by atomic mass is 10.1. The molecule has 0 amide bonds. The van der Waals surface area contributed by atoms with Crippen molar-refractivity contribution in [3.05, 3.63) is 217 Å². The topological polar surface area (TPSA) is 35.2 Å². The third-order valence-electron chi connectivity index (χ3n) is 9.60. The van der Waals surface area contributed by atoms with Crippen LogP contribution in [0.25, 0.3) is 0 Å². The van der Waals surface area contributed by atoms with Crippen molar-refractivity contribution >= 4 is 0 Å². The van der Waals surface area contributed by atoms with Gasteiger partial charge in [-0.05, 0) is 27.8 Å². The van der Waals surface area contributed by atoms with E-state index in [0.717, 1.165) is 45.8 Å². The van der Waals surface area contributed by atoms with Gasteiger partial charge in [0.2, 0.25) is 25.3 Å². The zero-order valence-electron chi connectivity index (χ0n) is 29.8. The summed E-state index contributed by atoms with van der Waals surface area (Å²) in [7, 11) is 2.06. The van der Waals surface area contributed by atoms with Crippen molar-refractivity contribution in [1.29, 1.82) is 0 Å². The standard InChI is InChI=1S/C44H46N8/c1-45-19-20-51(34-45)32-43-9-5-6-10-44(43)33-52-26-25-50(37-52)31-42-17-15-41(16-18-42)30-49-24-23-48(36-49)29-40-13-11-39(12-14-40)28-47-22-21-46(35-47)27-38-7-3-2-4-8-38/h2-26,34-37H,27-33H2,1H3/q+4. The van der Waals surface area contributed by atoms with E-state index in [9.17, 15) is 0 Å². The van der Waals surface area contributed by atoms with Gasteiger partial charge in [-0.1, -0.05) is 103 Å². The second-order valence-corrected chi connectivity index (χ2v) is 13.9. The van der Waals surface area contributed by atoms with Gasteiger partial charge in [-0.15, -0.1) is 0 Å². The fraction of sp³-hybridized carbons (Fsp3) is 0.182. The molecule has 0 N–H and O–H groups in total. The van der Waals surface area contributed by atoms with Crippen LogP contribution in [0.5, 0.6) is 0 Å². The van der Waals surface area contributed by atoms with Crippen molar-refractivity contribution in [2.24, 2.45) is 7.05 Å². The maximum absolute atomic E-state index is 2.27. The molecular weight excluding hydrogens is 641 g/mol. The minimum absolute atomic E-state index is 0.844. The summed E-state index contributed by atoms with van der Waals surface area (Å²) in [6.07, 6.45) is 25.8. The zero-order valence-corrected chi connectivity index (χ0v) is 29.8. The van der Waals surface area contributed by atoms with Gasteiger partial charge < -0.3 is 0 Å². The van der Waals surface area contributed by atoms with Gasteiger partial charge in [-0.2, -0.15) is 0 Å². The molecule has 4 heterocycles. The molecule has 4 aromatic carbocycles. The van der Waals surface area contributed by atoms with E-state index in [2.05, 4.69) is 222 Å². The minimum atomic E-state index is 0.844. The first kappa shape index (κ1) is 32.9. The molecule has 0 saturated heterocycles. The van der Waals surface area contributed by atoms with E-state index < -0.39 is 0 Å². The number of aromatic nitrogens is 8. The largest absolute Gasteiger partial charge is 0.244 e. The third-order valence-corrected chi connectivity index (χ3v) is 9.60. The molecule has 0 bridgehead atoms. The number of hydrogen-bond donors (Lipinski definition) is 0. The first-order valence-corrected chi connectivity index (χ1v) is 18.0. The van der Waals surface area contributed by atoms with Gasteiger partial charge in [0.1, 0.15) is 95.4 Å². The lowest BCUT2D eigenvalue weighted by Gasteiger charge is -2.06. The molecule has 4 aromatic heterocycles. The molecule has 0 radical (unpaired) electrons. The smallest absolute Gasteiger partial charge is 0.240 e. The van der Waals surface area contributed by atoms with Crippen molar-refractivity contribution < 1.29 is 18.3 Å². The van der Waals surface area contributed by atoms with E-state index in [0.29, 0.717) is 0 Å². The van der Waals surface area contributed by atoms with E-state index in [1.54, 1.807) is 0 Å². The van der Waals surface area contributed by atoms with Crippen LogP contribution in [-0.2, 0) is 52.9 Å². The number of rotatable bonds is 14. The average molecular weight is 687 g/mol. The Morgan fingerprint density at radius 1 is 0.365 bits per heavy atom. The van der Waals surface area contributed by atoms with E-state index >= 15 is 0 Å². The van der Waals surface area contributed by atoms with Crippen molar-refractivity contribution in [2.45, 2.75) is 45.8 Å². The Morgan fingerprint density at radius 2 is 0.731 bits per heavy atom. The van der Waals surface area contributed by atoms with Crippen LogP contribution in [0.15, 0.2) is 178 Å². The average Bonchev–Trinajstić information content (AvgIpc) is 3.98. The molecule has 0 aliphatic rings. The monoisotopic (exact) mass is 686 g/mol. The summed E-state index contributed by atoms with van der Waals surface area (Å²) in [6, 6.07) is 37.3. The van der Waals surface area contributed by atoms with E-state index in [1.165, 1.54) is 38.9 Å². The second kappa shape index (κ2) is 15.3. The Morgan fingerprint density at radius 3 is 1.17 bits per heavy atom. The molecule has 0 saturated carbocycles. The maximum atomic E-state index is 2.27. The number of imidazole rings is 4. The Bertz CT molecular complexity index is 2340. The predicted molar refractivity (Wildman–Crippen MR) is 199 cm³/mol. The molecule has 0 unspecified atom stereocenters. The van der Waals surface area contributed by atoms with Crippen LogP contribution in [-0.4, -0.2) is 18.3 Å². The quantitative estimate of drug-likeness (QED) is 0.146. The van der Waals surface area contributed by atoms with Crippen LogP contribution in [0.2, 0.25) is 0 Å². The number of benzene rings is 4. The molecule has 0 fully saturated rings. The summed E-state index contributed by atoms with van der Waals surface area (Å²) in [5.74, 6) is 0. The van der Waals surface area contributed by atoms with Gasteiger partial charge in [0, 0.05) is 11.1 Å². The van der Waals surface area contributed by atoms with Gasteiger partial charge in [0.25, 0.3) is 0 Å². The first-order valence-electron chi connectivity index (χ1n) is 18.0. The molecule has 258 valence electrons. The molecule has 52 heavy (non-hydrogen) atoms. The van der Waals surface area contributed by atoms with Crippen molar-refractivity contribution in [3.8, 4) is 0 Å². The van der Waals surface area contributed by atoms with Crippen LogP contribution >= 0.6 is 0 Å². The molecule has 8 heteroatoms. The molecule has 8 aromatic rings. The van der Waals surface area contributed by atoms with E-state index in [4.69, 9.17) is 0 Å². The Balaban J connectivity index is 0.815. The van der Waals surface area contributed by atoms with Crippen LogP contribution in [0.3, 0.4) is 0 Å². The predicted octanol–water partition coefficient (Wildman–Crippen LogP) is 4.92. The molecule has 0 spiro atoms. The highest BCUT2D eigenvalue weighted by Gasteiger charge is 2.13. The van der Waals surface area contributed by atoms with Crippen LogP contribution in [0.1, 0.15) is 38.9 Å². The summed E-state index contributed by atoms with van der Waals surface area (Å²) in [4.78, 5) is 0. The van der Waals surface area contributed by atoms with Crippen LogP contribution in [0, 0.1) is 0 Å². The highest BCUT2D eigenvalue weighted by atomic mass is 15.1. The molecule has 8 rings (SSSR count). The molecule has 8 nitrogen and oxygen atoms in total. The van der Waals surface area contributed by atoms with Gasteiger partial charge >= 0.3 is 0 Å². The number of hydrogen-bond acceptors (Lipinski definition) is 0. The summed E-state index contributed by atoms with van der Waals surface area (Å²) in [5.41, 5.74) is 9.17. The van der Waals surface area contributed by atoms with Crippen LogP contribution in [0.4, 0.5) is 0 Å². The molecule has 0 aliphatic carbocycles. The fourth-order valence-electron chi connectivity index (χ4n) is 6.87. The number of nitrogens with zero attached hydrogens (tertiary/aromatic N) is 8. The maximum Gasteiger partial charge on any atom is 0.244 e. The third kappa shape index (κ3) is 8.53. The Kier molecular flexibility index (Phi) is 9.69. The molecule has 0 atom stereocenters. The van der Waals surface area contributed by atoms with Crippen LogP contribution < -0.4 is 18.3 Å². The molecular formula is C44H46N8+4. The summed E-state index contributed by atoms with van der Waals surface area (Å²) in [5, 5.41) is 0. The Labute approximate surface area is 305 Å². The van der Waals surface area contributed by atoms with Crippen molar-refractivity contribution in [2.75, 3.05) is 0 Å². The van der Waals surface area contributed by atoms with E-state index in [-0.39, 0.29) is 0 Å². The van der Waals surface area contributed by atoms with Gasteiger partial charge in [-0.3, -0.25) is 0 Å². The lowest BCUT2D eigenvalue weighted by molar-refractivity contribution is -0.688. The highest BCUT2D eigenvalue weighted by Crippen LogP contribution is 2.13. The summed E-state index contributed by atoms with van der Waals surface area (Å²) >= 11 is 0. The minimum Gasteiger partial charge on any atom is -0.240 e. The van der Waals surface area contributed by atoms with Gasteiger partial charge in [-0.25, -0.2) is 36.5 Å². The fourth-order valence-corrected chi connectivity index (χ4v) is 6.87. The van der Waals surface area contributed by atoms with Crippen molar-refractivity contribution in [3.63, 3.8) is 0 Å². The number of aryl methyl sites for hydroxylation is 1. The SMILES string of the molecule is C[n+]1ccn(Cc2ccccc2Cn2cc[n+](Cc3ccc(C[n+]4ccn(Cc5ccc(Cn6cc[n+](Cc7ccccc7)c6)cc5)c4)cc3)c2)c1. The first-order chi connectivity index (χ1) is 25.6. The zero-order chi connectivity index (χ0) is 35.1. The summed E-state index contributed by atoms with van der Waals surface area (Å²) < 4.78 is 17.8. The second-order valence-electron chi connectivity index (χ2n) is 13.9. The normalized spacial score (nSPS) is 11.3. The van der Waals surface area contributed by atoms with Gasteiger partial charge in [0.05, 0.1) is 7.05 Å².